The second-order valence-corrected chi connectivity index (χ2v) is 9.11. The van der Waals surface area contributed by atoms with Gasteiger partial charge in [0, 0.05) is 8.80 Å². The third-order valence-corrected chi connectivity index (χ3v) is 7.82. The molecule has 0 N–H and O–H groups in total. The molecule has 2 fully saturated rings. The van der Waals surface area contributed by atoms with Crippen molar-refractivity contribution < 1.29 is 0 Å². The van der Waals surface area contributed by atoms with Crippen LogP contribution in [0.5, 0.6) is 0 Å². The topological polar surface area (TPSA) is 0 Å². The van der Waals surface area contributed by atoms with E-state index in [0.29, 0.717) is 0 Å². The third-order valence-electron chi connectivity index (χ3n) is 4.20. The van der Waals surface area contributed by atoms with Crippen molar-refractivity contribution in [1.82, 2.24) is 0 Å². The van der Waals surface area contributed by atoms with E-state index in [2.05, 4.69) is 6.92 Å². The molecule has 1 saturated carbocycles. The van der Waals surface area contributed by atoms with Gasteiger partial charge in [-0.1, -0.05) is 69.5 Å². The van der Waals surface area contributed by atoms with Crippen LogP contribution in [0.1, 0.15) is 51.9 Å². The van der Waals surface area contributed by atoms with Gasteiger partial charge >= 0.3 is 0 Å². The third kappa shape index (κ3) is 3.12. The Morgan fingerprint density at radius 2 is 1.69 bits per heavy atom. The van der Waals surface area contributed by atoms with Gasteiger partial charge in [-0.05, 0) is 5.92 Å². The van der Waals surface area contributed by atoms with Crippen molar-refractivity contribution in [3.05, 3.63) is 0 Å². The molecule has 0 nitrogen and oxygen atoms in total. The van der Waals surface area contributed by atoms with Crippen LogP contribution < -0.4 is 0 Å². The summed E-state index contributed by atoms with van der Waals surface area (Å²) in [6, 6.07) is 3.36. The monoisotopic (exact) mass is 196 g/mol. The van der Waals surface area contributed by atoms with E-state index < -0.39 is 0 Å². The lowest BCUT2D eigenvalue weighted by Crippen LogP contribution is -2.01. The maximum atomic E-state index is 2.48. The maximum Gasteiger partial charge on any atom is 0.0393 e. The molecule has 0 amide bonds. The molecule has 1 saturated heterocycles. The minimum Gasteiger partial charge on any atom is -0.0654 e. The van der Waals surface area contributed by atoms with Crippen LogP contribution >= 0.6 is 0 Å². The fourth-order valence-corrected chi connectivity index (χ4v) is 5.98. The van der Waals surface area contributed by atoms with Crippen molar-refractivity contribution in [2.75, 3.05) is 0 Å². The summed E-state index contributed by atoms with van der Waals surface area (Å²) in [5.74, 6) is 1.14. The summed E-state index contributed by atoms with van der Waals surface area (Å²) < 4.78 is 0. The predicted octanol–water partition coefficient (Wildman–Crippen LogP) is 3.98. The molecule has 0 spiro atoms. The van der Waals surface area contributed by atoms with Crippen molar-refractivity contribution in [3.63, 3.8) is 0 Å². The number of hydrogen-bond donors (Lipinski definition) is 0. The van der Waals surface area contributed by atoms with Crippen LogP contribution in [0.2, 0.25) is 17.6 Å². The zero-order chi connectivity index (χ0) is 9.10. The lowest BCUT2D eigenvalue weighted by atomic mass is 9.98. The van der Waals surface area contributed by atoms with E-state index in [-0.39, 0.29) is 8.80 Å². The highest BCUT2D eigenvalue weighted by Gasteiger charge is 2.33. The molecule has 76 valence electrons. The van der Waals surface area contributed by atoms with Crippen molar-refractivity contribution in [3.8, 4) is 0 Å². The van der Waals surface area contributed by atoms with Gasteiger partial charge in [0.1, 0.15) is 0 Å². The zero-order valence-electron chi connectivity index (χ0n) is 9.10. The highest BCUT2D eigenvalue weighted by Crippen LogP contribution is 2.41. The van der Waals surface area contributed by atoms with Crippen molar-refractivity contribution >= 4 is 8.80 Å². The first-order chi connectivity index (χ1) is 6.36. The summed E-state index contributed by atoms with van der Waals surface area (Å²) in [7, 11) is -0.100. The van der Waals surface area contributed by atoms with E-state index >= 15 is 0 Å². The molecule has 13 heavy (non-hydrogen) atoms. The highest BCUT2D eigenvalue weighted by atomic mass is 28.3. The molecule has 1 heteroatoms. The van der Waals surface area contributed by atoms with Gasteiger partial charge in [-0.2, -0.15) is 0 Å². The van der Waals surface area contributed by atoms with E-state index in [1.807, 2.05) is 0 Å². The molecule has 2 unspecified atom stereocenters. The average Bonchev–Trinajstić information content (AvgIpc) is 2.85. The van der Waals surface area contributed by atoms with Crippen LogP contribution in [0.25, 0.3) is 0 Å². The fourth-order valence-electron chi connectivity index (χ4n) is 2.90. The molecule has 2 atom stereocenters. The summed E-state index contributed by atoms with van der Waals surface area (Å²) in [6.45, 7) is 2.48. The van der Waals surface area contributed by atoms with Gasteiger partial charge in [-0.25, -0.2) is 0 Å². The zero-order valence-corrected chi connectivity index (χ0v) is 10.3. The normalized spacial score (nSPS) is 35.8. The minimum atomic E-state index is -0.100. The Kier molecular flexibility index (Phi) is 3.48. The van der Waals surface area contributed by atoms with E-state index in [1.54, 1.807) is 31.4 Å². The van der Waals surface area contributed by atoms with Crippen LogP contribution in [-0.2, 0) is 0 Å². The minimum absolute atomic E-state index is 0.100. The first kappa shape index (κ1) is 9.76. The van der Waals surface area contributed by atoms with Crippen LogP contribution in [-0.4, -0.2) is 8.80 Å². The molecule has 0 bridgehead atoms. The van der Waals surface area contributed by atoms with Crippen molar-refractivity contribution in [2.45, 2.75) is 69.5 Å². The summed E-state index contributed by atoms with van der Waals surface area (Å²) in [6.07, 6.45) is 10.9. The van der Waals surface area contributed by atoms with Crippen LogP contribution in [0.15, 0.2) is 0 Å². The lowest BCUT2D eigenvalue weighted by molar-refractivity contribution is 0.445. The Morgan fingerprint density at radius 1 is 1.08 bits per heavy atom. The van der Waals surface area contributed by atoms with Gasteiger partial charge in [0.15, 0.2) is 0 Å². The molecule has 0 radical (unpaired) electrons. The summed E-state index contributed by atoms with van der Waals surface area (Å²) in [4.78, 5) is 0. The standard InChI is InChI=1S/C12H24Si/c1-11-10-13(11)9-8-12-6-4-2-3-5-7-12/h11-13H,2-10H2,1H3. The summed E-state index contributed by atoms with van der Waals surface area (Å²) >= 11 is 0. The highest BCUT2D eigenvalue weighted by molar-refractivity contribution is 6.71. The first-order valence-electron chi connectivity index (χ1n) is 6.36. The van der Waals surface area contributed by atoms with E-state index in [4.69, 9.17) is 0 Å². The average molecular weight is 196 g/mol. The largest absolute Gasteiger partial charge is 0.0654 e. The van der Waals surface area contributed by atoms with E-state index in [1.165, 1.54) is 31.2 Å². The maximum absolute atomic E-state index is 2.48. The van der Waals surface area contributed by atoms with Gasteiger partial charge in [0.05, 0.1) is 0 Å². The summed E-state index contributed by atoms with van der Waals surface area (Å²) in [5.41, 5.74) is 1.21. The molecule has 2 rings (SSSR count). The van der Waals surface area contributed by atoms with Crippen molar-refractivity contribution in [2.24, 2.45) is 5.92 Å². The molecule has 0 aromatic rings. The van der Waals surface area contributed by atoms with Gasteiger partial charge in [0.2, 0.25) is 0 Å². The first-order valence-corrected chi connectivity index (χ1v) is 8.66. The van der Waals surface area contributed by atoms with Gasteiger partial charge in [0.25, 0.3) is 0 Å². The predicted molar refractivity (Wildman–Crippen MR) is 62.0 cm³/mol. The van der Waals surface area contributed by atoms with E-state index in [0.717, 1.165) is 5.92 Å². The Balaban J connectivity index is 1.62. The van der Waals surface area contributed by atoms with Crippen LogP contribution in [0.3, 0.4) is 0 Å². The molecule has 1 heterocycles. The molecule has 1 aliphatic heterocycles. The Labute approximate surface area is 84.7 Å². The Morgan fingerprint density at radius 3 is 2.23 bits per heavy atom. The molecule has 0 aromatic heterocycles. The Bertz CT molecular complexity index is 147. The molecule has 1 aliphatic carbocycles. The van der Waals surface area contributed by atoms with Gasteiger partial charge in [-0.3, -0.25) is 0 Å². The molecule has 0 aromatic carbocycles. The number of rotatable bonds is 3. The Hall–Kier alpha value is 0.217. The summed E-state index contributed by atoms with van der Waals surface area (Å²) in [5, 5.41) is 0. The molecular weight excluding hydrogens is 172 g/mol. The molecule has 2 aliphatic rings. The second-order valence-electron chi connectivity index (χ2n) is 5.41. The second kappa shape index (κ2) is 4.63. The van der Waals surface area contributed by atoms with E-state index in [9.17, 15) is 0 Å². The van der Waals surface area contributed by atoms with Crippen LogP contribution in [0, 0.1) is 5.92 Å². The number of hydrogen-bond acceptors (Lipinski definition) is 0. The SMILES string of the molecule is CC1C[SiH]1CCC1CCCCCC1. The lowest BCUT2D eigenvalue weighted by Gasteiger charge is -2.12. The van der Waals surface area contributed by atoms with Gasteiger partial charge in [-0.15, -0.1) is 0 Å². The van der Waals surface area contributed by atoms with Gasteiger partial charge < -0.3 is 0 Å². The molecular formula is C12H24Si. The van der Waals surface area contributed by atoms with Crippen molar-refractivity contribution in [1.29, 1.82) is 0 Å². The smallest absolute Gasteiger partial charge is 0.0393 e. The van der Waals surface area contributed by atoms with Crippen LogP contribution in [0.4, 0.5) is 0 Å². The quantitative estimate of drug-likeness (QED) is 0.473. The fraction of sp³-hybridized carbons (Fsp3) is 1.00.